The number of aliphatic carboxylic acids is 1. The third-order valence-electron chi connectivity index (χ3n) is 31.0. The first-order chi connectivity index (χ1) is 39.2. The Morgan fingerprint density at radius 2 is 0.855 bits per heavy atom. The molecule has 11 nitrogen and oxygen atoms in total. The molecule has 30 atom stereocenters. The summed E-state index contributed by atoms with van der Waals surface area (Å²) in [6, 6.07) is 0. The van der Waals surface area contributed by atoms with Crippen molar-refractivity contribution in [2.24, 2.45) is 139 Å². The van der Waals surface area contributed by atoms with E-state index in [2.05, 4.69) is 62.3 Å². The third-order valence-corrected chi connectivity index (χ3v) is 31.0. The fourth-order valence-corrected chi connectivity index (χ4v) is 26.4. The predicted octanol–water partition coefficient (Wildman–Crippen LogP) is 13.3. The molecule has 12 rings (SSSR count). The van der Waals surface area contributed by atoms with E-state index in [-0.39, 0.29) is 106 Å². The lowest BCUT2D eigenvalue weighted by atomic mass is 9.43. The van der Waals surface area contributed by atoms with Gasteiger partial charge in [0.2, 0.25) is 0 Å². The van der Waals surface area contributed by atoms with Gasteiger partial charge in [-0.25, -0.2) is 0 Å². The van der Waals surface area contributed by atoms with Gasteiger partial charge in [0.15, 0.2) is 0 Å². The van der Waals surface area contributed by atoms with Crippen molar-refractivity contribution >= 4 is 17.9 Å². The molecule has 0 bridgehead atoms. The number of ether oxygens (including phenoxy) is 1. The SMILES string of the molecule is C[C@H](CCC(=O)O)[C@H]1CCC2C3C(C[C@H](O)[C@@]21C)[C@@]1(C)CC[C@@H](O)C[C@H]1C[C@H]3O.C[C@H](CCC(=O)OC(=O)CC[C@@H](C)[C@H]1CCC2C3C(C[C@H](O)[C@@]21C)[C@@]1(C)CC[C@@H](O)C[C@H]1C[C@H]3O)[C@H]1CC[C@H]2[C@@H]3CCC4CCCC[C@]4(C)[C@H]3CC[C@]12C. The summed E-state index contributed by atoms with van der Waals surface area (Å²) in [5.41, 5.74) is 0.576. The second-order valence-corrected chi connectivity index (χ2v) is 34.0. The summed E-state index contributed by atoms with van der Waals surface area (Å²) in [5.74, 6) is 6.47. The monoisotopic (exact) mass is 1160 g/mol. The zero-order valence-electron chi connectivity index (χ0n) is 53.3. The van der Waals surface area contributed by atoms with Crippen molar-refractivity contribution in [3.05, 3.63) is 0 Å². The molecule has 0 spiro atoms. The van der Waals surface area contributed by atoms with E-state index in [0.29, 0.717) is 71.5 Å². The quantitative estimate of drug-likeness (QED) is 0.0724. The molecule has 7 unspecified atom stereocenters. The first kappa shape index (κ1) is 63.0. The van der Waals surface area contributed by atoms with Gasteiger partial charge in [0.25, 0.3) is 0 Å². The lowest BCUT2D eigenvalue weighted by Crippen LogP contribution is -2.62. The maximum atomic E-state index is 13.1. The summed E-state index contributed by atoms with van der Waals surface area (Å²) >= 11 is 0. The maximum Gasteiger partial charge on any atom is 0.313 e. The van der Waals surface area contributed by atoms with Gasteiger partial charge in [0, 0.05) is 19.3 Å². The third kappa shape index (κ3) is 10.6. The van der Waals surface area contributed by atoms with Gasteiger partial charge < -0.3 is 40.5 Å². The standard InChI is InChI=1S/C48H78O6.C24H40O5/c1-28(34-14-16-36-33-13-12-30-9-7-8-22-45(30,3)37(33)21-24-47(34,36)5)10-18-42(52)54-43(53)19-11-29(2)35-15-17-38-44-39(27-41(51)48(35,38)6)46(4)23-20-32(49)25-31(46)26-40(44)50;1-13(4-7-21(28)29)16-5-6-17-22-18(12-20(27)24(16,17)3)23(2)9-8-15(25)10-14(23)11-19(22)26/h28-41,44,49-51H,7-27H2,1-6H3;13-20,22,25-27H,4-12H2,1-3H3,(H,28,29)/t28-,29-,30?,31+,32-,33+,34-,35-,36+,37+,38?,39?,40-,41+,44?,45+,46+,47-,48-;13-,14+,15-,16-,17?,18?,19-,20+,22?,23+,24-/m11/s1. The van der Waals surface area contributed by atoms with Crippen LogP contribution in [0.3, 0.4) is 0 Å². The number of carbonyl (C=O) groups is 3. The molecular weight excluding hydrogens is 1040 g/mol. The van der Waals surface area contributed by atoms with Gasteiger partial charge in [-0.1, -0.05) is 75.2 Å². The Balaban J connectivity index is 0.000000209. The van der Waals surface area contributed by atoms with Gasteiger partial charge in [0.05, 0.1) is 36.6 Å². The fourth-order valence-electron chi connectivity index (χ4n) is 26.4. The van der Waals surface area contributed by atoms with Crippen molar-refractivity contribution in [1.82, 2.24) is 0 Å². The number of esters is 2. The molecule has 0 radical (unpaired) electrons. The largest absolute Gasteiger partial charge is 0.481 e. The van der Waals surface area contributed by atoms with E-state index in [1.54, 1.807) is 0 Å². The van der Waals surface area contributed by atoms with E-state index in [0.717, 1.165) is 120 Å². The van der Waals surface area contributed by atoms with Crippen LogP contribution < -0.4 is 0 Å². The van der Waals surface area contributed by atoms with Crippen LogP contribution in [0.5, 0.6) is 0 Å². The van der Waals surface area contributed by atoms with Gasteiger partial charge in [0.1, 0.15) is 0 Å². The van der Waals surface area contributed by atoms with Crippen LogP contribution >= 0.6 is 0 Å². The summed E-state index contributed by atoms with van der Waals surface area (Å²) in [6.45, 7) is 21.2. The number of aliphatic hydroxyl groups excluding tert-OH is 6. The van der Waals surface area contributed by atoms with Gasteiger partial charge >= 0.3 is 17.9 Å². The highest BCUT2D eigenvalue weighted by Crippen LogP contribution is 2.72. The van der Waals surface area contributed by atoms with Crippen LogP contribution in [0.4, 0.5) is 0 Å². The number of fused-ring (bicyclic) bond motifs is 15. The van der Waals surface area contributed by atoms with Crippen molar-refractivity contribution < 1.29 is 54.9 Å². The zero-order valence-corrected chi connectivity index (χ0v) is 53.3. The van der Waals surface area contributed by atoms with Crippen LogP contribution in [0.1, 0.15) is 255 Å². The fraction of sp³-hybridized carbons (Fsp3) is 0.958. The summed E-state index contributed by atoms with van der Waals surface area (Å²) in [7, 11) is 0. The summed E-state index contributed by atoms with van der Waals surface area (Å²) in [4.78, 5) is 37.2. The highest BCUT2D eigenvalue weighted by atomic mass is 16.6. The lowest BCUT2D eigenvalue weighted by Gasteiger charge is -2.63. The molecule has 0 aromatic rings. The average molecular weight is 1160 g/mol. The second-order valence-electron chi connectivity index (χ2n) is 34.0. The molecule has 83 heavy (non-hydrogen) atoms. The zero-order chi connectivity index (χ0) is 59.5. The van der Waals surface area contributed by atoms with E-state index >= 15 is 0 Å². The second kappa shape index (κ2) is 23.6. The molecule has 0 heterocycles. The van der Waals surface area contributed by atoms with Crippen LogP contribution in [0.2, 0.25) is 0 Å². The number of hydrogen-bond donors (Lipinski definition) is 7. The topological polar surface area (TPSA) is 202 Å². The van der Waals surface area contributed by atoms with Crippen molar-refractivity contribution in [2.45, 2.75) is 292 Å². The Bertz CT molecular complexity index is 2330. The molecule has 11 heteroatoms. The van der Waals surface area contributed by atoms with Crippen LogP contribution in [0.15, 0.2) is 0 Å². The van der Waals surface area contributed by atoms with Crippen LogP contribution in [0.25, 0.3) is 0 Å². The highest BCUT2D eigenvalue weighted by Gasteiger charge is 2.68. The molecule has 7 N–H and O–H groups in total. The van der Waals surface area contributed by atoms with Crippen molar-refractivity contribution in [3.8, 4) is 0 Å². The first-order valence-electron chi connectivity index (χ1n) is 35.2. The predicted molar refractivity (Wildman–Crippen MR) is 322 cm³/mol. The van der Waals surface area contributed by atoms with Gasteiger partial charge in [-0.05, 0) is 300 Å². The minimum atomic E-state index is -0.748. The van der Waals surface area contributed by atoms with Crippen molar-refractivity contribution in [1.29, 1.82) is 0 Å². The molecule has 472 valence electrons. The van der Waals surface area contributed by atoms with Crippen LogP contribution in [-0.4, -0.2) is 90.3 Å². The van der Waals surface area contributed by atoms with Crippen LogP contribution in [-0.2, 0) is 19.1 Å². The van der Waals surface area contributed by atoms with Gasteiger partial charge in [-0.15, -0.1) is 0 Å². The van der Waals surface area contributed by atoms with Crippen LogP contribution in [0, 0.1) is 139 Å². The molecule has 0 aromatic carbocycles. The first-order valence-corrected chi connectivity index (χ1v) is 35.2. The van der Waals surface area contributed by atoms with Gasteiger partial charge in [-0.3, -0.25) is 14.4 Å². The molecule has 12 saturated carbocycles. The smallest absolute Gasteiger partial charge is 0.313 e. The molecule has 0 aromatic heterocycles. The maximum absolute atomic E-state index is 13.1. The van der Waals surface area contributed by atoms with Crippen molar-refractivity contribution in [3.63, 3.8) is 0 Å². The summed E-state index contributed by atoms with van der Waals surface area (Å²) < 4.78 is 5.47. The van der Waals surface area contributed by atoms with E-state index < -0.39 is 24.1 Å². The Morgan fingerprint density at radius 3 is 1.36 bits per heavy atom. The molecule has 0 aliphatic heterocycles. The van der Waals surface area contributed by atoms with Gasteiger partial charge in [-0.2, -0.15) is 0 Å². The Morgan fingerprint density at radius 1 is 0.422 bits per heavy atom. The number of aliphatic hydroxyl groups is 6. The summed E-state index contributed by atoms with van der Waals surface area (Å²) in [6.07, 6.45) is 27.1. The molecule has 12 aliphatic carbocycles. The Labute approximate surface area is 501 Å². The number of carboxylic acid groups (broad SMARTS) is 1. The van der Waals surface area contributed by atoms with Crippen molar-refractivity contribution in [2.75, 3.05) is 0 Å². The lowest BCUT2D eigenvalue weighted by molar-refractivity contribution is -0.207. The molecule has 12 fully saturated rings. The Hall–Kier alpha value is -1.63. The van der Waals surface area contributed by atoms with E-state index in [1.807, 2.05) is 0 Å². The summed E-state index contributed by atoms with van der Waals surface area (Å²) in [5, 5.41) is 76.0. The Kier molecular flexibility index (Phi) is 17.9. The highest BCUT2D eigenvalue weighted by molar-refractivity contribution is 5.85. The number of carboxylic acids is 1. The number of hydrogen-bond acceptors (Lipinski definition) is 10. The average Bonchev–Trinajstić information content (AvgIpc) is 3.20. The molecule has 0 saturated heterocycles. The minimum absolute atomic E-state index is 0.0621. The van der Waals surface area contributed by atoms with E-state index in [9.17, 15) is 45.0 Å². The van der Waals surface area contributed by atoms with E-state index in [1.165, 1.54) is 64.2 Å². The van der Waals surface area contributed by atoms with E-state index in [4.69, 9.17) is 9.84 Å². The minimum Gasteiger partial charge on any atom is -0.481 e. The molecule has 0 amide bonds. The molecular formula is C72H118O11. The number of carbonyl (C=O) groups excluding carboxylic acids is 2. The number of rotatable bonds is 12. The normalized spacial score (nSPS) is 52.3. The molecule has 12 aliphatic rings.